The van der Waals surface area contributed by atoms with E-state index in [1.165, 1.54) is 18.3 Å². The largest absolute Gasteiger partial charge is 0.383 e. The summed E-state index contributed by atoms with van der Waals surface area (Å²) in [5, 5.41) is 5.31. The fourth-order valence-electron chi connectivity index (χ4n) is 1.77. The lowest BCUT2D eigenvalue weighted by Gasteiger charge is -2.11. The predicted molar refractivity (Wildman–Crippen MR) is 77.3 cm³/mol. The van der Waals surface area contributed by atoms with Gasteiger partial charge in [0.15, 0.2) is 0 Å². The number of carbonyl (C=O) groups excluding carboxylic acids is 1. The zero-order valence-corrected chi connectivity index (χ0v) is 11.7. The van der Waals surface area contributed by atoms with Crippen molar-refractivity contribution in [2.45, 2.75) is 19.9 Å². The van der Waals surface area contributed by atoms with Crippen LogP contribution in [0.2, 0.25) is 0 Å². The maximum atomic E-state index is 13.5. The zero-order valence-electron chi connectivity index (χ0n) is 11.7. The number of carbonyl (C=O) groups is 1. The summed E-state index contributed by atoms with van der Waals surface area (Å²) in [6.07, 6.45) is 1.46. The van der Waals surface area contributed by atoms with E-state index in [1.54, 1.807) is 6.07 Å². The molecular weight excluding hydrogens is 276 g/mol. The number of amides is 1. The quantitative estimate of drug-likeness (QED) is 0.907. The smallest absolute Gasteiger partial charge is 0.274 e. The van der Waals surface area contributed by atoms with Gasteiger partial charge in [0.1, 0.15) is 23.0 Å². The summed E-state index contributed by atoms with van der Waals surface area (Å²) in [5.74, 6) is -2.34. The Bertz CT molecular complexity index is 639. The monoisotopic (exact) mass is 291 g/mol. The fourth-order valence-corrected chi connectivity index (χ4v) is 1.77. The standard InChI is InChI=1S/C15H15F2N3O/c1-9(2)19-10-6-7-18-13(8-10)15(21)20-14-11(16)4-3-5-12(14)17/h3-9H,1-2H3,(H,18,19)(H,20,21). The van der Waals surface area contributed by atoms with Crippen molar-refractivity contribution in [1.29, 1.82) is 0 Å². The second-order valence-corrected chi connectivity index (χ2v) is 4.78. The summed E-state index contributed by atoms with van der Waals surface area (Å²) in [5.41, 5.74) is 0.300. The summed E-state index contributed by atoms with van der Waals surface area (Å²) >= 11 is 0. The molecule has 110 valence electrons. The van der Waals surface area contributed by atoms with E-state index in [9.17, 15) is 13.6 Å². The average Bonchev–Trinajstić information content (AvgIpc) is 2.42. The number of nitrogens with zero attached hydrogens (tertiary/aromatic N) is 1. The summed E-state index contributed by atoms with van der Waals surface area (Å²) in [6, 6.07) is 6.79. The van der Waals surface area contributed by atoms with Crippen LogP contribution in [0.4, 0.5) is 20.2 Å². The number of anilines is 2. The number of aromatic nitrogens is 1. The molecule has 2 aromatic rings. The van der Waals surface area contributed by atoms with E-state index < -0.39 is 23.2 Å². The molecule has 6 heteroatoms. The Morgan fingerprint density at radius 1 is 1.19 bits per heavy atom. The van der Waals surface area contributed by atoms with Crippen LogP contribution in [0, 0.1) is 11.6 Å². The molecule has 0 unspecified atom stereocenters. The highest BCUT2D eigenvalue weighted by Crippen LogP contribution is 2.19. The summed E-state index contributed by atoms with van der Waals surface area (Å²) < 4.78 is 27.0. The molecule has 2 rings (SSSR count). The summed E-state index contributed by atoms with van der Waals surface area (Å²) in [7, 11) is 0. The maximum Gasteiger partial charge on any atom is 0.274 e. The molecule has 0 saturated heterocycles. The van der Waals surface area contributed by atoms with Crippen molar-refractivity contribution in [3.63, 3.8) is 0 Å². The van der Waals surface area contributed by atoms with E-state index in [2.05, 4.69) is 15.6 Å². The van der Waals surface area contributed by atoms with E-state index in [-0.39, 0.29) is 11.7 Å². The number of pyridine rings is 1. The number of para-hydroxylation sites is 1. The van der Waals surface area contributed by atoms with Gasteiger partial charge in [-0.25, -0.2) is 8.78 Å². The van der Waals surface area contributed by atoms with Gasteiger partial charge in [-0.15, -0.1) is 0 Å². The van der Waals surface area contributed by atoms with E-state index in [1.807, 2.05) is 13.8 Å². The molecule has 1 aromatic heterocycles. The first-order valence-electron chi connectivity index (χ1n) is 6.45. The number of nitrogens with one attached hydrogen (secondary N) is 2. The van der Waals surface area contributed by atoms with Gasteiger partial charge in [0, 0.05) is 17.9 Å². The normalized spacial score (nSPS) is 10.5. The highest BCUT2D eigenvalue weighted by Gasteiger charge is 2.14. The molecule has 0 aliphatic rings. The van der Waals surface area contributed by atoms with Crippen molar-refractivity contribution in [3.8, 4) is 0 Å². The number of halogens is 2. The molecule has 0 spiro atoms. The minimum atomic E-state index is -0.834. The summed E-state index contributed by atoms with van der Waals surface area (Å²) in [4.78, 5) is 15.9. The number of benzene rings is 1. The maximum absolute atomic E-state index is 13.5. The topological polar surface area (TPSA) is 54.0 Å². The number of rotatable bonds is 4. The Morgan fingerprint density at radius 3 is 2.48 bits per heavy atom. The van der Waals surface area contributed by atoms with Crippen LogP contribution in [0.1, 0.15) is 24.3 Å². The van der Waals surface area contributed by atoms with E-state index in [4.69, 9.17) is 0 Å². The molecule has 21 heavy (non-hydrogen) atoms. The molecule has 1 heterocycles. The third-order valence-electron chi connectivity index (χ3n) is 2.65. The molecule has 0 atom stereocenters. The van der Waals surface area contributed by atoms with Crippen LogP contribution in [-0.4, -0.2) is 16.9 Å². The molecule has 0 radical (unpaired) electrons. The molecule has 0 aliphatic carbocycles. The third kappa shape index (κ3) is 3.75. The molecule has 4 nitrogen and oxygen atoms in total. The van der Waals surface area contributed by atoms with Gasteiger partial charge >= 0.3 is 0 Å². The Kier molecular flexibility index (Phi) is 4.47. The van der Waals surface area contributed by atoms with Gasteiger partial charge in [0.05, 0.1) is 0 Å². The first kappa shape index (κ1) is 14.9. The van der Waals surface area contributed by atoms with Crippen molar-refractivity contribution in [2.24, 2.45) is 0 Å². The third-order valence-corrected chi connectivity index (χ3v) is 2.65. The Hall–Kier alpha value is -2.50. The lowest BCUT2D eigenvalue weighted by molar-refractivity contribution is 0.102. The molecule has 0 aliphatic heterocycles. The highest BCUT2D eigenvalue weighted by molar-refractivity contribution is 6.03. The summed E-state index contributed by atoms with van der Waals surface area (Å²) in [6.45, 7) is 3.91. The minimum absolute atomic E-state index is 0.0725. The van der Waals surface area contributed by atoms with Crippen LogP contribution in [0.5, 0.6) is 0 Å². The Balaban J connectivity index is 2.21. The number of hydrogen-bond acceptors (Lipinski definition) is 3. The van der Waals surface area contributed by atoms with E-state index in [0.29, 0.717) is 5.69 Å². The van der Waals surface area contributed by atoms with E-state index in [0.717, 1.165) is 12.1 Å². The SMILES string of the molecule is CC(C)Nc1ccnc(C(=O)Nc2c(F)cccc2F)c1. The Morgan fingerprint density at radius 2 is 1.86 bits per heavy atom. The molecule has 1 amide bonds. The lowest BCUT2D eigenvalue weighted by Crippen LogP contribution is -2.17. The highest BCUT2D eigenvalue weighted by atomic mass is 19.1. The molecule has 1 aromatic carbocycles. The molecular formula is C15H15F2N3O. The van der Waals surface area contributed by atoms with Crippen molar-refractivity contribution in [1.82, 2.24) is 4.98 Å². The number of hydrogen-bond donors (Lipinski definition) is 2. The van der Waals surface area contributed by atoms with Gasteiger partial charge in [-0.2, -0.15) is 0 Å². The second-order valence-electron chi connectivity index (χ2n) is 4.78. The van der Waals surface area contributed by atoms with Crippen LogP contribution < -0.4 is 10.6 Å². The first-order valence-corrected chi connectivity index (χ1v) is 6.45. The van der Waals surface area contributed by atoms with Gasteiger partial charge in [-0.3, -0.25) is 9.78 Å². The van der Waals surface area contributed by atoms with Crippen molar-refractivity contribution in [3.05, 3.63) is 53.9 Å². The first-order chi connectivity index (χ1) is 9.97. The van der Waals surface area contributed by atoms with E-state index >= 15 is 0 Å². The average molecular weight is 291 g/mol. The predicted octanol–water partition coefficient (Wildman–Crippen LogP) is 3.43. The second kappa shape index (κ2) is 6.30. The van der Waals surface area contributed by atoms with Gasteiger partial charge < -0.3 is 10.6 Å². The van der Waals surface area contributed by atoms with Crippen molar-refractivity contribution < 1.29 is 13.6 Å². The molecule has 0 bridgehead atoms. The van der Waals surface area contributed by atoms with Crippen LogP contribution >= 0.6 is 0 Å². The molecule has 0 fully saturated rings. The van der Waals surface area contributed by atoms with Gasteiger partial charge in [0.2, 0.25) is 0 Å². The van der Waals surface area contributed by atoms with Gasteiger partial charge in [-0.05, 0) is 38.1 Å². The fraction of sp³-hybridized carbons (Fsp3) is 0.200. The Labute approximate surface area is 121 Å². The van der Waals surface area contributed by atoms with Crippen molar-refractivity contribution in [2.75, 3.05) is 10.6 Å². The van der Waals surface area contributed by atoms with Crippen LogP contribution in [0.15, 0.2) is 36.5 Å². The van der Waals surface area contributed by atoms with Gasteiger partial charge in [-0.1, -0.05) is 6.07 Å². The molecule has 0 saturated carbocycles. The lowest BCUT2D eigenvalue weighted by atomic mass is 10.2. The van der Waals surface area contributed by atoms with Crippen LogP contribution in [0.3, 0.4) is 0 Å². The van der Waals surface area contributed by atoms with Crippen LogP contribution in [-0.2, 0) is 0 Å². The van der Waals surface area contributed by atoms with Gasteiger partial charge in [0.25, 0.3) is 5.91 Å². The van der Waals surface area contributed by atoms with Crippen LogP contribution in [0.25, 0.3) is 0 Å². The minimum Gasteiger partial charge on any atom is -0.383 e. The molecule has 2 N–H and O–H groups in total. The zero-order chi connectivity index (χ0) is 15.4. The van der Waals surface area contributed by atoms with Crippen molar-refractivity contribution >= 4 is 17.3 Å².